The quantitative estimate of drug-likeness (QED) is 0.677. The Kier molecular flexibility index (Phi) is 4.78. The largest absolute Gasteiger partial charge is 0.301 e. The minimum Gasteiger partial charge on any atom is -0.301 e. The number of rotatable bonds is 3. The Labute approximate surface area is 172 Å². The Morgan fingerprint density at radius 2 is 2.04 bits per heavy atom. The molecule has 3 nitrogen and oxygen atoms in total. The fourth-order valence-electron chi connectivity index (χ4n) is 6.30. The van der Waals surface area contributed by atoms with Crippen molar-refractivity contribution in [1.29, 1.82) is 0 Å². The topological polar surface area (TPSA) is 42.0 Å². The van der Waals surface area contributed by atoms with Gasteiger partial charge in [-0.15, -0.1) is 11.3 Å². The third-order valence-electron chi connectivity index (χ3n) is 7.64. The van der Waals surface area contributed by atoms with Crippen molar-refractivity contribution in [1.82, 2.24) is 4.98 Å². The van der Waals surface area contributed by atoms with Crippen molar-refractivity contribution in [2.24, 2.45) is 29.6 Å². The second-order valence-electron chi connectivity index (χ2n) is 9.14. The normalized spacial score (nSPS) is 32.3. The number of nitrogens with one attached hydrogen (secondary N) is 1. The molecule has 1 aromatic heterocycles. The summed E-state index contributed by atoms with van der Waals surface area (Å²) in [4.78, 5) is 18.4. The molecule has 148 valence electrons. The van der Waals surface area contributed by atoms with E-state index in [0.29, 0.717) is 11.0 Å². The molecule has 1 heterocycles. The molecule has 1 N–H and O–H groups in total. The highest BCUT2D eigenvalue weighted by molar-refractivity contribution is 7.15. The van der Waals surface area contributed by atoms with Crippen LogP contribution < -0.4 is 5.32 Å². The van der Waals surface area contributed by atoms with Crippen LogP contribution in [0.4, 0.5) is 5.13 Å². The highest BCUT2D eigenvalue weighted by Crippen LogP contribution is 2.55. The van der Waals surface area contributed by atoms with Gasteiger partial charge in [-0.25, -0.2) is 4.98 Å². The number of fused-ring (bicyclic) bond motifs is 5. The summed E-state index contributed by atoms with van der Waals surface area (Å²) in [6, 6.07) is 0. The lowest BCUT2D eigenvalue weighted by atomic mass is 9.57. The summed E-state index contributed by atoms with van der Waals surface area (Å²) in [5.41, 5.74) is 4.15. The van der Waals surface area contributed by atoms with Gasteiger partial charge in [-0.2, -0.15) is 0 Å². The van der Waals surface area contributed by atoms with Crippen LogP contribution in [0.15, 0.2) is 41.1 Å². The molecule has 0 bridgehead atoms. The van der Waals surface area contributed by atoms with Gasteiger partial charge >= 0.3 is 0 Å². The van der Waals surface area contributed by atoms with Crippen LogP contribution >= 0.6 is 11.3 Å². The summed E-state index contributed by atoms with van der Waals surface area (Å²) in [7, 11) is 0. The van der Waals surface area contributed by atoms with Gasteiger partial charge in [-0.05, 0) is 79.9 Å². The van der Waals surface area contributed by atoms with Gasteiger partial charge in [0, 0.05) is 11.1 Å². The molecule has 0 spiro atoms. The predicted molar refractivity (Wildman–Crippen MR) is 115 cm³/mol. The van der Waals surface area contributed by atoms with Crippen LogP contribution in [0, 0.1) is 36.5 Å². The standard InChI is InChI=1S/C24H30N2OS/c1-14-13-25-24(28-14)26-23(27)15(2)18-10-8-17-9-11-20-19-6-4-3-5-16(19)7-12-21(20)22(17)18/h8-10,13,15-16,19-21H,3-7,11-12H2,1-2H3,(H,25,26,27). The van der Waals surface area contributed by atoms with E-state index < -0.39 is 0 Å². The first-order valence-electron chi connectivity index (χ1n) is 11.0. The number of carbonyl (C=O) groups is 1. The molecule has 2 fully saturated rings. The Balaban J connectivity index is 1.41. The molecule has 1 aromatic rings. The molecule has 28 heavy (non-hydrogen) atoms. The maximum Gasteiger partial charge on any atom is 0.233 e. The monoisotopic (exact) mass is 394 g/mol. The van der Waals surface area contributed by atoms with Crippen LogP contribution in [0.1, 0.15) is 56.7 Å². The number of hydrogen-bond donors (Lipinski definition) is 1. The Morgan fingerprint density at radius 3 is 2.86 bits per heavy atom. The molecule has 0 saturated heterocycles. The van der Waals surface area contributed by atoms with Crippen LogP contribution in [-0.2, 0) is 4.79 Å². The van der Waals surface area contributed by atoms with E-state index in [4.69, 9.17) is 0 Å². The third kappa shape index (κ3) is 3.10. The SMILES string of the molecule is Cc1cnc(NC(=O)C(C)C2=C3C(=CCC4C3CCC3CCCCC34)C=C2)s1. The summed E-state index contributed by atoms with van der Waals surface area (Å²) < 4.78 is 0. The summed E-state index contributed by atoms with van der Waals surface area (Å²) in [5, 5.41) is 3.74. The molecule has 0 aliphatic heterocycles. The zero-order valence-electron chi connectivity index (χ0n) is 16.9. The third-order valence-corrected chi connectivity index (χ3v) is 8.47. The highest BCUT2D eigenvalue weighted by atomic mass is 32.1. The van der Waals surface area contributed by atoms with E-state index in [2.05, 4.69) is 35.5 Å². The van der Waals surface area contributed by atoms with Gasteiger partial charge in [0.2, 0.25) is 5.91 Å². The van der Waals surface area contributed by atoms with E-state index >= 15 is 0 Å². The summed E-state index contributed by atoms with van der Waals surface area (Å²) in [5.74, 6) is 3.24. The lowest BCUT2D eigenvalue weighted by Crippen LogP contribution is -2.39. The number of carbonyl (C=O) groups excluding carboxylic acids is 1. The van der Waals surface area contributed by atoms with Crippen LogP contribution in [0.2, 0.25) is 0 Å². The molecule has 4 heteroatoms. The number of hydrogen-bond acceptors (Lipinski definition) is 3. The maximum atomic E-state index is 12.9. The number of amides is 1. The first-order valence-corrected chi connectivity index (χ1v) is 11.8. The van der Waals surface area contributed by atoms with E-state index in [0.717, 1.165) is 22.6 Å². The van der Waals surface area contributed by atoms with Gasteiger partial charge in [0.15, 0.2) is 5.13 Å². The number of anilines is 1. The van der Waals surface area contributed by atoms with E-state index in [-0.39, 0.29) is 11.8 Å². The first-order chi connectivity index (χ1) is 13.6. The molecule has 5 atom stereocenters. The molecule has 0 radical (unpaired) electrons. The van der Waals surface area contributed by atoms with E-state index in [1.165, 1.54) is 61.7 Å². The van der Waals surface area contributed by atoms with Gasteiger partial charge in [0.1, 0.15) is 0 Å². The summed E-state index contributed by atoms with van der Waals surface area (Å²) in [6.45, 7) is 4.07. The van der Waals surface area contributed by atoms with Crippen molar-refractivity contribution in [2.45, 2.75) is 58.8 Å². The van der Waals surface area contributed by atoms with Gasteiger partial charge < -0.3 is 5.32 Å². The smallest absolute Gasteiger partial charge is 0.233 e. The molecular formula is C24H30N2OS. The minimum atomic E-state index is -0.135. The van der Waals surface area contributed by atoms with Crippen molar-refractivity contribution in [3.63, 3.8) is 0 Å². The Hall–Kier alpha value is -1.68. The van der Waals surface area contributed by atoms with Gasteiger partial charge in [-0.3, -0.25) is 4.79 Å². The molecule has 5 rings (SSSR count). The second-order valence-corrected chi connectivity index (χ2v) is 10.4. The second kappa shape index (κ2) is 7.29. The van der Waals surface area contributed by atoms with Crippen LogP contribution in [0.3, 0.4) is 0 Å². The van der Waals surface area contributed by atoms with Crippen LogP contribution in [-0.4, -0.2) is 10.9 Å². The Bertz CT molecular complexity index is 877. The average Bonchev–Trinajstić information content (AvgIpc) is 3.33. The predicted octanol–water partition coefficient (Wildman–Crippen LogP) is 6.06. The molecule has 1 amide bonds. The van der Waals surface area contributed by atoms with Gasteiger partial charge in [0.05, 0.1) is 5.92 Å². The number of thiazole rings is 1. The molecule has 2 saturated carbocycles. The molecule has 4 aliphatic carbocycles. The summed E-state index contributed by atoms with van der Waals surface area (Å²) >= 11 is 1.54. The zero-order valence-corrected chi connectivity index (χ0v) is 17.7. The lowest BCUT2D eigenvalue weighted by Gasteiger charge is -2.48. The molecular weight excluding hydrogens is 364 g/mol. The molecule has 5 unspecified atom stereocenters. The van der Waals surface area contributed by atoms with E-state index in [9.17, 15) is 4.79 Å². The number of aromatic nitrogens is 1. The number of aryl methyl sites for hydroxylation is 1. The first kappa shape index (κ1) is 18.4. The van der Waals surface area contributed by atoms with Crippen molar-refractivity contribution < 1.29 is 4.79 Å². The van der Waals surface area contributed by atoms with E-state index in [1.807, 2.05) is 13.1 Å². The van der Waals surface area contributed by atoms with Crippen molar-refractivity contribution in [3.8, 4) is 0 Å². The average molecular weight is 395 g/mol. The van der Waals surface area contributed by atoms with Crippen LogP contribution in [0.5, 0.6) is 0 Å². The lowest BCUT2D eigenvalue weighted by molar-refractivity contribution is -0.118. The van der Waals surface area contributed by atoms with Gasteiger partial charge in [0.25, 0.3) is 0 Å². The maximum absolute atomic E-state index is 12.9. The van der Waals surface area contributed by atoms with Crippen LogP contribution in [0.25, 0.3) is 0 Å². The summed E-state index contributed by atoms with van der Waals surface area (Å²) in [6.07, 6.45) is 18.4. The fraction of sp³-hybridized carbons (Fsp3) is 0.583. The van der Waals surface area contributed by atoms with E-state index in [1.54, 1.807) is 11.3 Å². The Morgan fingerprint density at radius 1 is 1.18 bits per heavy atom. The minimum absolute atomic E-state index is 0.0659. The number of nitrogens with zero attached hydrogens (tertiary/aromatic N) is 1. The highest BCUT2D eigenvalue weighted by Gasteiger charge is 2.44. The van der Waals surface area contributed by atoms with Crippen molar-refractivity contribution >= 4 is 22.4 Å². The van der Waals surface area contributed by atoms with Gasteiger partial charge in [-0.1, -0.05) is 37.5 Å². The zero-order chi connectivity index (χ0) is 19.3. The fourth-order valence-corrected chi connectivity index (χ4v) is 6.97. The number of allylic oxidation sites excluding steroid dienone is 5. The van der Waals surface area contributed by atoms with Crippen molar-refractivity contribution in [3.05, 3.63) is 46.0 Å². The van der Waals surface area contributed by atoms with Crippen molar-refractivity contribution in [2.75, 3.05) is 5.32 Å². The molecule has 0 aromatic carbocycles. The molecule has 4 aliphatic rings.